The second-order valence-corrected chi connectivity index (χ2v) is 8.23. The van der Waals surface area contributed by atoms with E-state index in [1.165, 1.54) is 0 Å². The smallest absolute Gasteiger partial charge is 0.192 e. The number of aromatic nitrogens is 3. The number of ether oxygens (including phenoxy) is 1. The summed E-state index contributed by atoms with van der Waals surface area (Å²) in [6.07, 6.45) is 1.86. The molecule has 0 aliphatic heterocycles. The minimum Gasteiger partial charge on any atom is -0.493 e. The van der Waals surface area contributed by atoms with Crippen LogP contribution in [0.25, 0.3) is 11.4 Å². The number of halogens is 1. The molecule has 0 atom stereocenters. The maximum atomic E-state index is 6.08. The van der Waals surface area contributed by atoms with Crippen molar-refractivity contribution in [3.63, 3.8) is 0 Å². The molecule has 0 fully saturated rings. The lowest BCUT2D eigenvalue weighted by Crippen LogP contribution is -2.04. The summed E-state index contributed by atoms with van der Waals surface area (Å²) in [6, 6.07) is 15.9. The Bertz CT molecular complexity index is 922. The Kier molecular flexibility index (Phi) is 7.18. The van der Waals surface area contributed by atoms with Gasteiger partial charge in [-0.3, -0.25) is 4.57 Å². The van der Waals surface area contributed by atoms with Gasteiger partial charge in [0.15, 0.2) is 11.0 Å². The van der Waals surface area contributed by atoms with E-state index in [1.54, 1.807) is 11.8 Å². The second-order valence-electron chi connectivity index (χ2n) is 6.85. The Balaban J connectivity index is 1.77. The average molecular weight is 414 g/mol. The number of allylic oxidation sites excluding steroid dienone is 1. The quantitative estimate of drug-likeness (QED) is 0.313. The molecule has 6 heteroatoms. The normalized spacial score (nSPS) is 11.0. The summed E-state index contributed by atoms with van der Waals surface area (Å²) in [4.78, 5) is 0. The van der Waals surface area contributed by atoms with Crippen LogP contribution in [0.15, 0.2) is 66.3 Å². The summed E-state index contributed by atoms with van der Waals surface area (Å²) < 4.78 is 7.84. The molecule has 0 saturated carbocycles. The highest BCUT2D eigenvalue weighted by molar-refractivity contribution is 7.98. The van der Waals surface area contributed by atoms with Crippen LogP contribution in [0.2, 0.25) is 5.02 Å². The Morgan fingerprint density at radius 1 is 1.18 bits per heavy atom. The van der Waals surface area contributed by atoms with E-state index in [1.807, 2.05) is 48.5 Å². The Morgan fingerprint density at radius 2 is 1.96 bits per heavy atom. The van der Waals surface area contributed by atoms with Gasteiger partial charge in [0.2, 0.25) is 0 Å². The first-order chi connectivity index (χ1) is 13.6. The number of nitrogens with zero attached hydrogens (tertiary/aromatic N) is 3. The molecule has 2 aromatic carbocycles. The molecule has 0 amide bonds. The van der Waals surface area contributed by atoms with E-state index in [0.29, 0.717) is 19.1 Å². The van der Waals surface area contributed by atoms with Crippen molar-refractivity contribution < 1.29 is 4.74 Å². The van der Waals surface area contributed by atoms with Crippen molar-refractivity contribution in [3.8, 4) is 17.1 Å². The van der Waals surface area contributed by atoms with Crippen LogP contribution in [0.1, 0.15) is 19.4 Å². The van der Waals surface area contributed by atoms with Crippen molar-refractivity contribution in [2.24, 2.45) is 5.92 Å². The van der Waals surface area contributed by atoms with Crippen LogP contribution in [0, 0.1) is 5.92 Å². The monoisotopic (exact) mass is 413 g/mol. The molecule has 146 valence electrons. The van der Waals surface area contributed by atoms with Gasteiger partial charge < -0.3 is 4.74 Å². The fraction of sp³-hybridized carbons (Fsp3) is 0.273. The van der Waals surface area contributed by atoms with Gasteiger partial charge in [-0.25, -0.2) is 0 Å². The predicted octanol–water partition coefficient (Wildman–Crippen LogP) is 6.11. The van der Waals surface area contributed by atoms with Crippen LogP contribution in [-0.4, -0.2) is 21.4 Å². The number of thioether (sulfide) groups is 1. The lowest BCUT2D eigenvalue weighted by molar-refractivity contribution is 0.271. The van der Waals surface area contributed by atoms with Gasteiger partial charge in [-0.2, -0.15) is 0 Å². The third-order valence-electron chi connectivity index (χ3n) is 3.98. The number of benzene rings is 2. The van der Waals surface area contributed by atoms with Crippen LogP contribution in [-0.2, 0) is 12.3 Å². The molecule has 28 heavy (non-hydrogen) atoms. The summed E-state index contributed by atoms with van der Waals surface area (Å²) >= 11 is 7.72. The van der Waals surface area contributed by atoms with E-state index in [2.05, 4.69) is 41.3 Å². The molecule has 0 radical (unpaired) electrons. The lowest BCUT2D eigenvalue weighted by atomic mass is 10.2. The van der Waals surface area contributed by atoms with E-state index in [4.69, 9.17) is 16.3 Å². The van der Waals surface area contributed by atoms with Gasteiger partial charge in [0.25, 0.3) is 0 Å². The molecule has 0 saturated heterocycles. The highest BCUT2D eigenvalue weighted by Gasteiger charge is 2.14. The van der Waals surface area contributed by atoms with Crippen LogP contribution < -0.4 is 4.74 Å². The van der Waals surface area contributed by atoms with Gasteiger partial charge >= 0.3 is 0 Å². The van der Waals surface area contributed by atoms with Crippen LogP contribution in [0.4, 0.5) is 0 Å². The van der Waals surface area contributed by atoms with Gasteiger partial charge in [0.05, 0.1) is 6.61 Å². The van der Waals surface area contributed by atoms with Gasteiger partial charge in [-0.05, 0) is 47.9 Å². The molecular weight excluding hydrogens is 390 g/mol. The first kappa shape index (κ1) is 20.5. The molecule has 3 aromatic rings. The minimum atomic E-state index is 0.495. The number of hydrogen-bond donors (Lipinski definition) is 0. The average Bonchev–Trinajstić information content (AvgIpc) is 3.08. The number of rotatable bonds is 9. The zero-order chi connectivity index (χ0) is 19.9. The summed E-state index contributed by atoms with van der Waals surface area (Å²) in [6.45, 7) is 9.49. The highest BCUT2D eigenvalue weighted by atomic mass is 35.5. The minimum absolute atomic E-state index is 0.495. The van der Waals surface area contributed by atoms with Crippen molar-refractivity contribution in [1.29, 1.82) is 0 Å². The summed E-state index contributed by atoms with van der Waals surface area (Å²) in [7, 11) is 0. The van der Waals surface area contributed by atoms with Crippen molar-refractivity contribution in [1.82, 2.24) is 14.8 Å². The van der Waals surface area contributed by atoms with E-state index in [9.17, 15) is 0 Å². The molecule has 1 heterocycles. The topological polar surface area (TPSA) is 39.9 Å². The fourth-order valence-electron chi connectivity index (χ4n) is 2.64. The molecule has 0 N–H and O–H groups in total. The first-order valence-corrected chi connectivity index (χ1v) is 10.6. The van der Waals surface area contributed by atoms with Crippen LogP contribution in [0.3, 0.4) is 0 Å². The first-order valence-electron chi connectivity index (χ1n) is 9.21. The lowest BCUT2D eigenvalue weighted by Gasteiger charge is -2.10. The molecular formula is C22H24ClN3OS. The van der Waals surface area contributed by atoms with Crippen LogP contribution >= 0.6 is 23.4 Å². The summed E-state index contributed by atoms with van der Waals surface area (Å²) in [5.74, 6) is 2.96. The van der Waals surface area contributed by atoms with Crippen molar-refractivity contribution in [3.05, 3.63) is 71.8 Å². The summed E-state index contributed by atoms with van der Waals surface area (Å²) in [5, 5.41) is 10.4. The van der Waals surface area contributed by atoms with Crippen molar-refractivity contribution in [2.45, 2.75) is 31.3 Å². The second kappa shape index (κ2) is 9.80. The predicted molar refractivity (Wildman–Crippen MR) is 117 cm³/mol. The molecule has 0 spiro atoms. The number of hydrogen-bond acceptors (Lipinski definition) is 4. The molecule has 3 rings (SSSR count). The maximum Gasteiger partial charge on any atom is 0.192 e. The summed E-state index contributed by atoms with van der Waals surface area (Å²) in [5.41, 5.74) is 2.15. The van der Waals surface area contributed by atoms with Crippen LogP contribution in [0.5, 0.6) is 5.75 Å². The molecule has 0 aliphatic rings. The van der Waals surface area contributed by atoms with E-state index < -0.39 is 0 Å². The molecule has 0 unspecified atom stereocenters. The Labute approximate surface area is 175 Å². The highest BCUT2D eigenvalue weighted by Crippen LogP contribution is 2.28. The molecule has 1 aromatic heterocycles. The van der Waals surface area contributed by atoms with Gasteiger partial charge in [-0.1, -0.05) is 55.4 Å². The largest absolute Gasteiger partial charge is 0.493 e. The molecule has 4 nitrogen and oxygen atoms in total. The Hall–Kier alpha value is -2.24. The van der Waals surface area contributed by atoms with Gasteiger partial charge in [-0.15, -0.1) is 16.8 Å². The molecule has 0 bridgehead atoms. The molecule has 0 aliphatic carbocycles. The SMILES string of the molecule is C=CCn1c(SCc2cccc(Cl)c2)nnc1-c1ccc(OCC(C)C)cc1. The Morgan fingerprint density at radius 3 is 2.64 bits per heavy atom. The van der Waals surface area contributed by atoms with Gasteiger partial charge in [0.1, 0.15) is 5.75 Å². The van der Waals surface area contributed by atoms with Gasteiger partial charge in [0, 0.05) is 22.9 Å². The zero-order valence-corrected chi connectivity index (χ0v) is 17.7. The standard InChI is InChI=1S/C22H24ClN3OS/c1-4-12-26-21(18-8-10-20(11-9-18)27-14-16(2)3)24-25-22(26)28-15-17-6-5-7-19(23)13-17/h4-11,13,16H,1,12,14-15H2,2-3H3. The van der Waals surface area contributed by atoms with E-state index in [-0.39, 0.29) is 0 Å². The van der Waals surface area contributed by atoms with Crippen molar-refractivity contribution in [2.75, 3.05) is 6.61 Å². The third-order valence-corrected chi connectivity index (χ3v) is 5.25. The van der Waals surface area contributed by atoms with E-state index >= 15 is 0 Å². The fourth-order valence-corrected chi connectivity index (χ4v) is 3.74. The maximum absolute atomic E-state index is 6.08. The van der Waals surface area contributed by atoms with E-state index in [0.717, 1.165) is 38.6 Å². The zero-order valence-electron chi connectivity index (χ0n) is 16.1. The van der Waals surface area contributed by atoms with Crippen molar-refractivity contribution >= 4 is 23.4 Å². The third kappa shape index (κ3) is 5.40.